The van der Waals surface area contributed by atoms with Gasteiger partial charge in [0.15, 0.2) is 6.61 Å². The molecule has 0 saturated heterocycles. The molecule has 0 radical (unpaired) electrons. The Labute approximate surface area is 196 Å². The third-order valence-electron chi connectivity index (χ3n) is 4.98. The molecule has 1 aliphatic rings. The molecule has 1 heterocycles. The summed E-state index contributed by atoms with van der Waals surface area (Å²) in [5.41, 5.74) is 2.64. The van der Waals surface area contributed by atoms with E-state index in [1.807, 2.05) is 66.7 Å². The summed E-state index contributed by atoms with van der Waals surface area (Å²) in [6.45, 7) is 2.04. The number of hydrogen-bond acceptors (Lipinski definition) is 5. The number of nitrogens with zero attached hydrogens (tertiary/aromatic N) is 3. The summed E-state index contributed by atoms with van der Waals surface area (Å²) in [6, 6.07) is 25.4. The molecule has 6 nitrogen and oxygen atoms in total. The maximum atomic E-state index is 12.4. The van der Waals surface area contributed by atoms with Gasteiger partial charge in [-0.3, -0.25) is 9.69 Å². The molecule has 32 heavy (non-hydrogen) atoms. The Morgan fingerprint density at radius 3 is 2.56 bits per heavy atom. The maximum absolute atomic E-state index is 12.4. The molecule has 1 aliphatic heterocycles. The van der Waals surface area contributed by atoms with E-state index in [9.17, 15) is 4.79 Å². The van der Waals surface area contributed by atoms with Crippen LogP contribution in [0, 0.1) is 0 Å². The van der Waals surface area contributed by atoms with Gasteiger partial charge in [0.1, 0.15) is 12.4 Å². The first kappa shape index (κ1) is 22.0. The van der Waals surface area contributed by atoms with Gasteiger partial charge in [-0.15, -0.1) is 5.10 Å². The average molecular weight is 494 g/mol. The smallest absolute Gasteiger partial charge is 0.285 e. The summed E-state index contributed by atoms with van der Waals surface area (Å²) in [5.74, 6) is 0.788. The fourth-order valence-electron chi connectivity index (χ4n) is 3.36. The van der Waals surface area contributed by atoms with E-state index < -0.39 is 0 Å². The monoisotopic (exact) mass is 493 g/mol. The van der Waals surface area contributed by atoms with Crippen LogP contribution in [-0.4, -0.2) is 43.5 Å². The fourth-order valence-corrected chi connectivity index (χ4v) is 3.82. The standard InChI is InChI=1S/C25H24BrN3O3/c1-28(17-19-9-3-2-4-10-19)15-16-31-23-14-8-5-11-20(23)25-27-29(24(30)18-32-25)22-13-7-6-12-21(22)26/h2-14H,15-18H2,1H3. The second-order valence-electron chi connectivity index (χ2n) is 7.42. The fraction of sp³-hybridized carbons (Fsp3) is 0.200. The van der Waals surface area contributed by atoms with Crippen LogP contribution >= 0.6 is 15.9 Å². The third kappa shape index (κ3) is 5.36. The predicted octanol–water partition coefficient (Wildman–Crippen LogP) is 4.68. The lowest BCUT2D eigenvalue weighted by Gasteiger charge is -2.25. The second-order valence-corrected chi connectivity index (χ2v) is 8.27. The van der Waals surface area contributed by atoms with Crippen LogP contribution in [0.25, 0.3) is 0 Å². The number of carbonyl (C=O) groups excluding carboxylic acids is 1. The van der Waals surface area contributed by atoms with Crippen molar-refractivity contribution < 1.29 is 14.3 Å². The topological polar surface area (TPSA) is 54.4 Å². The molecule has 0 bridgehead atoms. The SMILES string of the molecule is CN(CCOc1ccccc1C1=NN(c2ccccc2Br)C(=O)CO1)Cc1ccccc1. The van der Waals surface area contributed by atoms with Crippen molar-refractivity contribution in [3.8, 4) is 5.75 Å². The zero-order valence-electron chi connectivity index (χ0n) is 17.8. The largest absolute Gasteiger partial charge is 0.491 e. The molecule has 0 saturated carbocycles. The molecule has 1 amide bonds. The number of likely N-dealkylation sites (N-methyl/N-ethyl adjacent to an activating group) is 1. The Bertz CT molecular complexity index is 1100. The zero-order valence-corrected chi connectivity index (χ0v) is 19.4. The minimum atomic E-state index is -0.235. The van der Waals surface area contributed by atoms with Gasteiger partial charge in [-0.05, 0) is 52.8 Å². The Hall–Kier alpha value is -3.16. The van der Waals surface area contributed by atoms with E-state index in [0.29, 0.717) is 29.5 Å². The Morgan fingerprint density at radius 1 is 1.03 bits per heavy atom. The van der Waals surface area contributed by atoms with Gasteiger partial charge in [-0.2, -0.15) is 5.01 Å². The van der Waals surface area contributed by atoms with Gasteiger partial charge in [0, 0.05) is 17.6 Å². The van der Waals surface area contributed by atoms with Crippen molar-refractivity contribution in [3.63, 3.8) is 0 Å². The highest BCUT2D eigenvalue weighted by molar-refractivity contribution is 9.10. The molecule has 0 unspecified atom stereocenters. The van der Waals surface area contributed by atoms with Gasteiger partial charge in [0.25, 0.3) is 5.91 Å². The van der Waals surface area contributed by atoms with Crippen molar-refractivity contribution in [3.05, 3.63) is 94.5 Å². The highest BCUT2D eigenvalue weighted by Crippen LogP contribution is 2.29. The van der Waals surface area contributed by atoms with E-state index in [4.69, 9.17) is 9.47 Å². The van der Waals surface area contributed by atoms with Crippen LogP contribution in [0.2, 0.25) is 0 Å². The molecule has 7 heteroatoms. The summed E-state index contributed by atoms with van der Waals surface area (Å²) in [5, 5.41) is 5.85. The molecule has 0 spiro atoms. The van der Waals surface area contributed by atoms with Gasteiger partial charge in [0.05, 0.1) is 11.3 Å². The third-order valence-corrected chi connectivity index (χ3v) is 5.65. The van der Waals surface area contributed by atoms with Crippen LogP contribution in [-0.2, 0) is 16.1 Å². The Balaban J connectivity index is 1.46. The van der Waals surface area contributed by atoms with Crippen molar-refractivity contribution in [1.29, 1.82) is 0 Å². The summed E-state index contributed by atoms with van der Waals surface area (Å²) in [6.07, 6.45) is 0. The van der Waals surface area contributed by atoms with E-state index in [1.54, 1.807) is 0 Å². The van der Waals surface area contributed by atoms with Gasteiger partial charge < -0.3 is 9.47 Å². The molecular formula is C25H24BrN3O3. The maximum Gasteiger partial charge on any atom is 0.285 e. The first-order valence-corrected chi connectivity index (χ1v) is 11.1. The molecule has 0 N–H and O–H groups in total. The zero-order chi connectivity index (χ0) is 22.3. The lowest BCUT2D eigenvalue weighted by Crippen LogP contribution is -2.37. The Morgan fingerprint density at radius 2 is 1.75 bits per heavy atom. The highest BCUT2D eigenvalue weighted by atomic mass is 79.9. The minimum absolute atomic E-state index is 0.0890. The molecule has 3 aromatic carbocycles. The van der Waals surface area contributed by atoms with Crippen molar-refractivity contribution in [2.75, 3.05) is 31.8 Å². The molecule has 164 valence electrons. The first-order valence-electron chi connectivity index (χ1n) is 10.4. The van der Waals surface area contributed by atoms with Gasteiger partial charge in [0.2, 0.25) is 5.90 Å². The lowest BCUT2D eigenvalue weighted by atomic mass is 10.2. The summed E-state index contributed by atoms with van der Waals surface area (Å²) >= 11 is 3.49. The summed E-state index contributed by atoms with van der Waals surface area (Å²) < 4.78 is 12.5. The van der Waals surface area contributed by atoms with Crippen LogP contribution in [0.5, 0.6) is 5.75 Å². The van der Waals surface area contributed by atoms with Gasteiger partial charge in [-0.1, -0.05) is 54.6 Å². The van der Waals surface area contributed by atoms with Crippen molar-refractivity contribution >= 4 is 33.4 Å². The number of ether oxygens (including phenoxy) is 2. The summed E-state index contributed by atoms with van der Waals surface area (Å²) in [4.78, 5) is 14.7. The lowest BCUT2D eigenvalue weighted by molar-refractivity contribution is -0.121. The van der Waals surface area contributed by atoms with Crippen LogP contribution in [0.15, 0.2) is 88.4 Å². The number of rotatable bonds is 8. The molecular weight excluding hydrogens is 470 g/mol. The number of halogens is 1. The molecule has 0 aliphatic carbocycles. The van der Waals surface area contributed by atoms with Crippen LogP contribution in [0.3, 0.4) is 0 Å². The summed E-state index contributed by atoms with van der Waals surface area (Å²) in [7, 11) is 2.07. The molecule has 0 aromatic heterocycles. The number of amides is 1. The number of benzene rings is 3. The number of para-hydroxylation sites is 2. The van der Waals surface area contributed by atoms with E-state index in [2.05, 4.69) is 45.1 Å². The first-order chi connectivity index (χ1) is 15.6. The van der Waals surface area contributed by atoms with Gasteiger partial charge in [-0.25, -0.2) is 0 Å². The number of hydrogen-bond donors (Lipinski definition) is 0. The van der Waals surface area contributed by atoms with Crippen molar-refractivity contribution in [1.82, 2.24) is 4.90 Å². The molecule has 4 rings (SSSR count). The van der Waals surface area contributed by atoms with Crippen LogP contribution in [0.1, 0.15) is 11.1 Å². The highest BCUT2D eigenvalue weighted by Gasteiger charge is 2.26. The quantitative estimate of drug-likeness (QED) is 0.456. The van der Waals surface area contributed by atoms with E-state index >= 15 is 0 Å². The minimum Gasteiger partial charge on any atom is -0.491 e. The van der Waals surface area contributed by atoms with E-state index in [0.717, 1.165) is 17.6 Å². The van der Waals surface area contributed by atoms with Crippen molar-refractivity contribution in [2.45, 2.75) is 6.54 Å². The van der Waals surface area contributed by atoms with Crippen LogP contribution in [0.4, 0.5) is 5.69 Å². The van der Waals surface area contributed by atoms with E-state index in [-0.39, 0.29) is 12.5 Å². The molecule has 0 fully saturated rings. The Kier molecular flexibility index (Phi) is 7.19. The average Bonchev–Trinajstić information content (AvgIpc) is 2.81. The van der Waals surface area contributed by atoms with E-state index in [1.165, 1.54) is 10.6 Å². The number of carbonyl (C=O) groups is 1. The second kappa shape index (κ2) is 10.4. The molecule has 3 aromatic rings. The normalized spacial score (nSPS) is 13.7. The number of anilines is 1. The predicted molar refractivity (Wildman–Crippen MR) is 129 cm³/mol. The van der Waals surface area contributed by atoms with Gasteiger partial charge >= 0.3 is 0 Å². The number of hydrazone groups is 1. The van der Waals surface area contributed by atoms with Crippen molar-refractivity contribution in [2.24, 2.45) is 5.10 Å². The van der Waals surface area contributed by atoms with Crippen LogP contribution < -0.4 is 9.75 Å². The molecule has 0 atom stereocenters.